The Morgan fingerprint density at radius 2 is 2.40 bits per heavy atom. The molecule has 0 radical (unpaired) electrons. The van der Waals surface area contributed by atoms with Crippen molar-refractivity contribution in [2.24, 2.45) is 5.73 Å². The minimum Gasteiger partial charge on any atom is -0.320 e. The van der Waals surface area contributed by atoms with Crippen molar-refractivity contribution >= 4 is 11.3 Å². The van der Waals surface area contributed by atoms with Gasteiger partial charge in [0.1, 0.15) is 0 Å². The van der Waals surface area contributed by atoms with Gasteiger partial charge >= 0.3 is 0 Å². The molecule has 1 nitrogen and oxygen atoms in total. The zero-order chi connectivity index (χ0) is 7.56. The molecule has 0 fully saturated rings. The van der Waals surface area contributed by atoms with E-state index in [2.05, 4.69) is 19.6 Å². The molecule has 0 bridgehead atoms. The highest BCUT2D eigenvalue weighted by Gasteiger charge is 2.01. The van der Waals surface area contributed by atoms with Crippen LogP contribution in [0.15, 0.2) is 24.8 Å². The number of aryl methyl sites for hydroxylation is 1. The molecule has 10 heavy (non-hydrogen) atoms. The van der Waals surface area contributed by atoms with E-state index in [1.165, 1.54) is 9.75 Å². The Bertz CT molecular complexity index is 227. The van der Waals surface area contributed by atoms with Crippen LogP contribution < -0.4 is 5.73 Å². The first-order valence-electron chi connectivity index (χ1n) is 3.18. The van der Waals surface area contributed by atoms with E-state index in [1.54, 1.807) is 17.4 Å². The van der Waals surface area contributed by atoms with E-state index in [-0.39, 0.29) is 6.04 Å². The molecule has 54 valence electrons. The summed E-state index contributed by atoms with van der Waals surface area (Å²) in [6.07, 6.45) is 1.76. The van der Waals surface area contributed by atoms with Gasteiger partial charge in [-0.15, -0.1) is 17.9 Å². The van der Waals surface area contributed by atoms with E-state index in [1.807, 2.05) is 6.07 Å². The van der Waals surface area contributed by atoms with Crippen molar-refractivity contribution in [3.63, 3.8) is 0 Å². The largest absolute Gasteiger partial charge is 0.320 e. The Morgan fingerprint density at radius 3 is 2.80 bits per heavy atom. The van der Waals surface area contributed by atoms with Crippen LogP contribution in [-0.4, -0.2) is 0 Å². The van der Waals surface area contributed by atoms with Crippen molar-refractivity contribution in [2.45, 2.75) is 13.0 Å². The summed E-state index contributed by atoms with van der Waals surface area (Å²) < 4.78 is 0. The molecule has 1 atom stereocenters. The lowest BCUT2D eigenvalue weighted by Gasteiger charge is -1.99. The molecule has 2 N–H and O–H groups in total. The SMILES string of the molecule is C=CC(N)c1ccc(C)s1. The highest BCUT2D eigenvalue weighted by Crippen LogP contribution is 2.20. The van der Waals surface area contributed by atoms with E-state index in [0.717, 1.165) is 0 Å². The summed E-state index contributed by atoms with van der Waals surface area (Å²) in [6, 6.07) is 4.13. The minimum absolute atomic E-state index is 0.0127. The number of nitrogens with two attached hydrogens (primary N) is 1. The van der Waals surface area contributed by atoms with Crippen molar-refractivity contribution in [1.82, 2.24) is 0 Å². The van der Waals surface area contributed by atoms with Crippen LogP contribution in [0.1, 0.15) is 15.8 Å². The number of rotatable bonds is 2. The van der Waals surface area contributed by atoms with E-state index < -0.39 is 0 Å². The van der Waals surface area contributed by atoms with Crippen LogP contribution in [0.2, 0.25) is 0 Å². The summed E-state index contributed by atoms with van der Waals surface area (Å²) in [5.74, 6) is 0. The Morgan fingerprint density at radius 1 is 1.70 bits per heavy atom. The van der Waals surface area contributed by atoms with Gasteiger partial charge in [0.15, 0.2) is 0 Å². The molecule has 0 amide bonds. The highest BCUT2D eigenvalue weighted by molar-refractivity contribution is 7.12. The van der Waals surface area contributed by atoms with Crippen molar-refractivity contribution < 1.29 is 0 Å². The molecule has 1 aromatic rings. The first-order chi connectivity index (χ1) is 4.74. The second-order valence-corrected chi connectivity index (χ2v) is 3.53. The third-order valence-electron chi connectivity index (χ3n) is 1.34. The quantitative estimate of drug-likeness (QED) is 0.648. The molecule has 1 rings (SSSR count). The van der Waals surface area contributed by atoms with E-state index in [4.69, 9.17) is 5.73 Å². The summed E-state index contributed by atoms with van der Waals surface area (Å²) >= 11 is 1.72. The van der Waals surface area contributed by atoms with Crippen molar-refractivity contribution in [1.29, 1.82) is 0 Å². The van der Waals surface area contributed by atoms with E-state index in [0.29, 0.717) is 0 Å². The summed E-state index contributed by atoms with van der Waals surface area (Å²) in [6.45, 7) is 5.70. The standard InChI is InChI=1S/C8H11NS/c1-3-7(9)8-5-4-6(2)10-8/h3-5,7H,1,9H2,2H3. The lowest BCUT2D eigenvalue weighted by molar-refractivity contribution is 0.940. The molecule has 0 aliphatic heterocycles. The predicted molar refractivity (Wildman–Crippen MR) is 46.2 cm³/mol. The van der Waals surface area contributed by atoms with Crippen LogP contribution in [-0.2, 0) is 0 Å². The average Bonchev–Trinajstić information content (AvgIpc) is 2.34. The van der Waals surface area contributed by atoms with Gasteiger partial charge in [0, 0.05) is 9.75 Å². The molecule has 1 unspecified atom stereocenters. The van der Waals surface area contributed by atoms with Gasteiger partial charge in [0.25, 0.3) is 0 Å². The normalized spacial score (nSPS) is 13.0. The van der Waals surface area contributed by atoms with E-state index >= 15 is 0 Å². The molecule has 2 heteroatoms. The number of hydrogen-bond donors (Lipinski definition) is 1. The highest BCUT2D eigenvalue weighted by atomic mass is 32.1. The maximum atomic E-state index is 5.70. The third-order valence-corrected chi connectivity index (χ3v) is 2.45. The Balaban J connectivity index is 2.84. The van der Waals surface area contributed by atoms with Crippen LogP contribution in [0, 0.1) is 6.92 Å². The Labute approximate surface area is 65.2 Å². The molecule has 0 spiro atoms. The summed E-state index contributed by atoms with van der Waals surface area (Å²) in [5, 5.41) is 0. The predicted octanol–water partition coefficient (Wildman–Crippen LogP) is 2.24. The van der Waals surface area contributed by atoms with Crippen LogP contribution in [0.4, 0.5) is 0 Å². The van der Waals surface area contributed by atoms with Gasteiger partial charge in [0.05, 0.1) is 6.04 Å². The zero-order valence-electron chi connectivity index (χ0n) is 6.00. The van der Waals surface area contributed by atoms with Crippen molar-refractivity contribution in [2.75, 3.05) is 0 Å². The van der Waals surface area contributed by atoms with Crippen molar-refractivity contribution in [3.05, 3.63) is 34.5 Å². The molecule has 1 aromatic heterocycles. The second-order valence-electron chi connectivity index (χ2n) is 2.21. The van der Waals surface area contributed by atoms with Crippen LogP contribution in [0.3, 0.4) is 0 Å². The molecule has 0 saturated heterocycles. The monoisotopic (exact) mass is 153 g/mol. The molecule has 0 aromatic carbocycles. The molecular weight excluding hydrogens is 142 g/mol. The maximum absolute atomic E-state index is 5.70. The molecular formula is C8H11NS. The molecule has 1 heterocycles. The molecule has 0 saturated carbocycles. The van der Waals surface area contributed by atoms with Gasteiger partial charge < -0.3 is 5.73 Å². The number of hydrogen-bond acceptors (Lipinski definition) is 2. The Hall–Kier alpha value is -0.600. The fraction of sp³-hybridized carbons (Fsp3) is 0.250. The topological polar surface area (TPSA) is 26.0 Å². The Kier molecular flexibility index (Phi) is 2.25. The lowest BCUT2D eigenvalue weighted by atomic mass is 10.2. The van der Waals surface area contributed by atoms with E-state index in [9.17, 15) is 0 Å². The van der Waals surface area contributed by atoms with Crippen LogP contribution in [0.5, 0.6) is 0 Å². The molecule has 0 aliphatic carbocycles. The first kappa shape index (κ1) is 7.51. The number of thiophene rings is 1. The third kappa shape index (κ3) is 1.46. The zero-order valence-corrected chi connectivity index (χ0v) is 6.82. The fourth-order valence-electron chi connectivity index (χ4n) is 0.749. The minimum atomic E-state index is 0.0127. The van der Waals surface area contributed by atoms with Crippen molar-refractivity contribution in [3.8, 4) is 0 Å². The smallest absolute Gasteiger partial charge is 0.0573 e. The van der Waals surface area contributed by atoms with Crippen LogP contribution >= 0.6 is 11.3 Å². The van der Waals surface area contributed by atoms with Gasteiger partial charge in [-0.25, -0.2) is 0 Å². The van der Waals surface area contributed by atoms with Crippen LogP contribution in [0.25, 0.3) is 0 Å². The van der Waals surface area contributed by atoms with Gasteiger partial charge in [-0.1, -0.05) is 6.08 Å². The molecule has 0 aliphatic rings. The second kappa shape index (κ2) is 2.99. The summed E-state index contributed by atoms with van der Waals surface area (Å²) in [5.41, 5.74) is 5.70. The maximum Gasteiger partial charge on any atom is 0.0573 e. The summed E-state index contributed by atoms with van der Waals surface area (Å²) in [4.78, 5) is 2.49. The first-order valence-corrected chi connectivity index (χ1v) is 4.00. The lowest BCUT2D eigenvalue weighted by Crippen LogP contribution is -2.03. The van der Waals surface area contributed by atoms with Gasteiger partial charge in [-0.3, -0.25) is 0 Å². The fourth-order valence-corrected chi connectivity index (χ4v) is 1.62. The summed E-state index contributed by atoms with van der Waals surface area (Å²) in [7, 11) is 0. The average molecular weight is 153 g/mol. The van der Waals surface area contributed by atoms with Gasteiger partial charge in [0.2, 0.25) is 0 Å². The van der Waals surface area contributed by atoms with Gasteiger partial charge in [-0.2, -0.15) is 0 Å². The van der Waals surface area contributed by atoms with Gasteiger partial charge in [-0.05, 0) is 19.1 Å².